The Morgan fingerprint density at radius 2 is 1.70 bits per heavy atom. The van der Waals surface area contributed by atoms with Crippen molar-refractivity contribution in [2.75, 3.05) is 7.05 Å². The fourth-order valence-electron chi connectivity index (χ4n) is 2.95. The van der Waals surface area contributed by atoms with Crippen LogP contribution in [0.15, 0.2) is 17.0 Å². The predicted octanol–water partition coefficient (Wildman–Crippen LogP) is 3.60. The molecule has 0 aliphatic heterocycles. The normalized spacial score (nSPS) is 11.4. The number of halogens is 1. The van der Waals surface area contributed by atoms with Crippen molar-refractivity contribution in [3.05, 3.63) is 28.3 Å². The maximum atomic E-state index is 12.5. The molecule has 0 aliphatic carbocycles. The number of carbonyl (C=O) groups is 2. The molecule has 1 aromatic rings. The Labute approximate surface area is 166 Å². The molecule has 0 bridgehead atoms. The maximum absolute atomic E-state index is 12.5. The molecule has 0 saturated heterocycles. The summed E-state index contributed by atoms with van der Waals surface area (Å²) in [6.45, 7) is 2.14. The summed E-state index contributed by atoms with van der Waals surface area (Å²) in [6, 6.07) is 2.90. The van der Waals surface area contributed by atoms with Crippen LogP contribution in [-0.4, -0.2) is 27.2 Å². The first-order valence-corrected chi connectivity index (χ1v) is 11.2. The van der Waals surface area contributed by atoms with Crippen LogP contribution < -0.4 is 10.5 Å². The number of Topliss-reactive ketones (excluding diaryl/α,β-unsaturated/α-hetero) is 1. The molecular formula is C19H29ClN2O4S. The van der Waals surface area contributed by atoms with Crippen LogP contribution in [0.5, 0.6) is 0 Å². The maximum Gasteiger partial charge on any atom is 0.239 e. The molecule has 0 spiro atoms. The van der Waals surface area contributed by atoms with Crippen molar-refractivity contribution in [3.63, 3.8) is 0 Å². The highest BCUT2D eigenvalue weighted by Crippen LogP contribution is 2.30. The van der Waals surface area contributed by atoms with E-state index in [1.165, 1.54) is 25.6 Å². The van der Waals surface area contributed by atoms with Crippen LogP contribution >= 0.6 is 11.6 Å². The van der Waals surface area contributed by atoms with Gasteiger partial charge in [-0.1, -0.05) is 50.6 Å². The Morgan fingerprint density at radius 1 is 1.07 bits per heavy atom. The Kier molecular flexibility index (Phi) is 9.98. The van der Waals surface area contributed by atoms with E-state index in [1.807, 2.05) is 0 Å². The van der Waals surface area contributed by atoms with E-state index in [4.69, 9.17) is 16.7 Å². The molecule has 3 N–H and O–H groups in total. The molecule has 0 unspecified atom stereocenters. The third kappa shape index (κ3) is 7.60. The van der Waals surface area contributed by atoms with E-state index in [-0.39, 0.29) is 34.2 Å². The molecule has 27 heavy (non-hydrogen) atoms. The minimum atomic E-state index is -4.13. The number of nitrogens with two attached hydrogens (primary N) is 1. The number of unbranched alkanes of at least 4 members (excludes halogenated alkanes) is 5. The molecule has 6 nitrogen and oxygen atoms in total. The molecule has 0 radical (unpaired) electrons. The highest BCUT2D eigenvalue weighted by molar-refractivity contribution is 7.89. The number of primary sulfonamides is 1. The van der Waals surface area contributed by atoms with Crippen LogP contribution in [0.4, 0.5) is 0 Å². The van der Waals surface area contributed by atoms with Gasteiger partial charge in [0, 0.05) is 30.5 Å². The molecule has 152 valence electrons. The van der Waals surface area contributed by atoms with Crippen molar-refractivity contribution < 1.29 is 18.0 Å². The molecule has 0 heterocycles. The van der Waals surface area contributed by atoms with Crippen LogP contribution in [0.1, 0.15) is 74.2 Å². The highest BCUT2D eigenvalue weighted by Gasteiger charge is 2.25. The summed E-state index contributed by atoms with van der Waals surface area (Å²) in [5.74, 6) is -0.731. The predicted molar refractivity (Wildman–Crippen MR) is 108 cm³/mol. The van der Waals surface area contributed by atoms with E-state index in [0.29, 0.717) is 12.0 Å². The van der Waals surface area contributed by atoms with Gasteiger partial charge >= 0.3 is 0 Å². The summed E-state index contributed by atoms with van der Waals surface area (Å²) in [6.07, 6.45) is 6.59. The number of amides is 1. The van der Waals surface area contributed by atoms with E-state index >= 15 is 0 Å². The Balaban J connectivity index is 3.05. The average Bonchev–Trinajstić information content (AvgIpc) is 2.62. The van der Waals surface area contributed by atoms with E-state index in [2.05, 4.69) is 12.2 Å². The summed E-state index contributed by atoms with van der Waals surface area (Å²) in [4.78, 5) is 23.7. The van der Waals surface area contributed by atoms with Crippen LogP contribution in [0.3, 0.4) is 0 Å². The summed E-state index contributed by atoms with van der Waals surface area (Å²) in [5.41, 5.74) is 0.396. The van der Waals surface area contributed by atoms with Gasteiger partial charge in [-0.2, -0.15) is 0 Å². The largest absolute Gasteiger partial charge is 0.359 e. The minimum Gasteiger partial charge on any atom is -0.359 e. The standard InChI is InChI=1S/C19H29ClN2O4S/c1-3-4-5-6-7-8-9-14-16(20)11-10-15(19(14)27(21,25)26)17(23)12-13-18(24)22-2/h10-11H,3-9,12-13H2,1-2H3,(H,22,24)(H2,21,25,26). The second-order valence-electron chi connectivity index (χ2n) is 6.56. The number of ketones is 1. The van der Waals surface area contributed by atoms with Gasteiger partial charge in [-0.3, -0.25) is 9.59 Å². The van der Waals surface area contributed by atoms with Crippen molar-refractivity contribution in [1.82, 2.24) is 5.32 Å². The monoisotopic (exact) mass is 416 g/mol. The Morgan fingerprint density at radius 3 is 2.30 bits per heavy atom. The fourth-order valence-corrected chi connectivity index (χ4v) is 4.30. The summed E-state index contributed by atoms with van der Waals surface area (Å²) in [7, 11) is -2.66. The van der Waals surface area contributed by atoms with E-state index in [9.17, 15) is 18.0 Å². The van der Waals surface area contributed by atoms with Gasteiger partial charge in [0.2, 0.25) is 15.9 Å². The SMILES string of the molecule is CCCCCCCCc1c(Cl)ccc(C(=O)CCC(=O)NC)c1S(N)(=O)=O. The number of sulfonamides is 1. The molecule has 0 saturated carbocycles. The lowest BCUT2D eigenvalue weighted by molar-refractivity contribution is -0.120. The van der Waals surface area contributed by atoms with Gasteiger partial charge in [0.15, 0.2) is 5.78 Å². The first-order chi connectivity index (χ1) is 12.7. The fraction of sp³-hybridized carbons (Fsp3) is 0.579. The lowest BCUT2D eigenvalue weighted by Crippen LogP contribution is -2.21. The van der Waals surface area contributed by atoms with Gasteiger partial charge in [0.05, 0.1) is 4.90 Å². The van der Waals surface area contributed by atoms with Crippen molar-refractivity contribution in [3.8, 4) is 0 Å². The topological polar surface area (TPSA) is 106 Å². The number of hydrogen-bond donors (Lipinski definition) is 2. The van der Waals surface area contributed by atoms with Gasteiger partial charge in [-0.05, 0) is 30.5 Å². The zero-order chi connectivity index (χ0) is 20.4. The van der Waals surface area contributed by atoms with Gasteiger partial charge in [-0.15, -0.1) is 0 Å². The number of benzene rings is 1. The van der Waals surface area contributed by atoms with Crippen LogP contribution in [0.25, 0.3) is 0 Å². The molecule has 0 fully saturated rings. The summed E-state index contributed by atoms with van der Waals surface area (Å²) in [5, 5.41) is 8.12. The van der Waals surface area contributed by atoms with Gasteiger partial charge in [0.25, 0.3) is 0 Å². The third-order valence-corrected chi connectivity index (χ3v) is 5.82. The third-order valence-electron chi connectivity index (χ3n) is 4.43. The zero-order valence-corrected chi connectivity index (χ0v) is 17.6. The molecule has 0 aliphatic rings. The lowest BCUT2D eigenvalue weighted by atomic mass is 9.99. The summed E-state index contributed by atoms with van der Waals surface area (Å²) >= 11 is 6.23. The lowest BCUT2D eigenvalue weighted by Gasteiger charge is -2.14. The first-order valence-electron chi connectivity index (χ1n) is 9.30. The highest BCUT2D eigenvalue weighted by atomic mass is 35.5. The van der Waals surface area contributed by atoms with Crippen LogP contribution in [-0.2, 0) is 21.2 Å². The van der Waals surface area contributed by atoms with E-state index < -0.39 is 15.8 Å². The smallest absolute Gasteiger partial charge is 0.239 e. The minimum absolute atomic E-state index is 0.00628. The molecule has 1 aromatic carbocycles. The molecule has 1 amide bonds. The van der Waals surface area contributed by atoms with Crippen molar-refractivity contribution in [2.24, 2.45) is 5.14 Å². The van der Waals surface area contributed by atoms with Gasteiger partial charge in [0.1, 0.15) is 0 Å². The van der Waals surface area contributed by atoms with E-state index in [0.717, 1.165) is 32.1 Å². The van der Waals surface area contributed by atoms with Gasteiger partial charge < -0.3 is 5.32 Å². The first kappa shape index (κ1) is 23.6. The number of hydrogen-bond acceptors (Lipinski definition) is 4. The molecular weight excluding hydrogens is 388 g/mol. The van der Waals surface area contributed by atoms with Crippen LogP contribution in [0.2, 0.25) is 5.02 Å². The molecule has 8 heteroatoms. The number of carbonyl (C=O) groups excluding carboxylic acids is 2. The summed E-state index contributed by atoms with van der Waals surface area (Å²) < 4.78 is 24.4. The van der Waals surface area contributed by atoms with Crippen molar-refractivity contribution in [1.29, 1.82) is 0 Å². The van der Waals surface area contributed by atoms with Gasteiger partial charge in [-0.25, -0.2) is 13.6 Å². The van der Waals surface area contributed by atoms with Crippen molar-refractivity contribution in [2.45, 2.75) is 69.6 Å². The number of rotatable bonds is 12. The van der Waals surface area contributed by atoms with E-state index in [1.54, 1.807) is 0 Å². The Bertz CT molecular complexity index is 763. The molecule has 0 aromatic heterocycles. The quantitative estimate of drug-likeness (QED) is 0.401. The number of nitrogens with one attached hydrogen (secondary N) is 1. The van der Waals surface area contributed by atoms with Crippen LogP contribution in [0, 0.1) is 0 Å². The second kappa shape index (κ2) is 11.4. The van der Waals surface area contributed by atoms with Crippen molar-refractivity contribution >= 4 is 33.3 Å². The molecule has 1 rings (SSSR count). The zero-order valence-electron chi connectivity index (χ0n) is 16.0. The second-order valence-corrected chi connectivity index (χ2v) is 8.47. The Hall–Kier alpha value is -1.44. The molecule has 0 atom stereocenters. The average molecular weight is 417 g/mol.